The van der Waals surface area contributed by atoms with Gasteiger partial charge in [0.25, 0.3) is 0 Å². The molecule has 4 nitrogen and oxygen atoms in total. The van der Waals surface area contributed by atoms with Gasteiger partial charge < -0.3 is 4.57 Å². The van der Waals surface area contributed by atoms with Gasteiger partial charge in [0.15, 0.2) is 0 Å². The first-order chi connectivity index (χ1) is 26.8. The maximum absolute atomic E-state index is 5.26. The van der Waals surface area contributed by atoms with Crippen molar-refractivity contribution in [2.75, 3.05) is 0 Å². The Bertz CT molecular complexity index is 3030. The number of rotatable bonds is 5. The first-order valence-corrected chi connectivity index (χ1v) is 18.6. The van der Waals surface area contributed by atoms with Crippen LogP contribution in [0.4, 0.5) is 0 Å². The lowest BCUT2D eigenvalue weighted by Gasteiger charge is -2.15. The number of para-hydroxylation sites is 1. The van der Waals surface area contributed by atoms with Crippen LogP contribution in [0.3, 0.4) is 0 Å². The van der Waals surface area contributed by atoms with Gasteiger partial charge in [0, 0.05) is 43.9 Å². The highest BCUT2D eigenvalue weighted by molar-refractivity contribution is 6.10. The lowest BCUT2D eigenvalue weighted by molar-refractivity contribution is 0.892. The quantitative estimate of drug-likeness (QED) is 0.180. The van der Waals surface area contributed by atoms with Crippen LogP contribution >= 0.6 is 0 Å². The van der Waals surface area contributed by atoms with Gasteiger partial charge in [0.05, 0.1) is 33.6 Å². The molecular formula is C50H34N4. The van der Waals surface area contributed by atoms with Crippen molar-refractivity contribution in [3.63, 3.8) is 0 Å². The highest BCUT2D eigenvalue weighted by atomic mass is 15.2. The minimum atomic E-state index is 0.653. The molecule has 0 bridgehead atoms. The summed E-state index contributed by atoms with van der Waals surface area (Å²) in [6.45, 7) is 0. The second-order valence-corrected chi connectivity index (χ2v) is 14.1. The summed E-state index contributed by atoms with van der Waals surface area (Å²) in [5.74, 6) is 0.653. The summed E-state index contributed by atoms with van der Waals surface area (Å²) >= 11 is 0. The Balaban J connectivity index is 1.13. The summed E-state index contributed by atoms with van der Waals surface area (Å²) in [6.07, 6.45) is 6.70. The van der Waals surface area contributed by atoms with Crippen molar-refractivity contribution in [2.45, 2.75) is 12.8 Å². The lowest BCUT2D eigenvalue weighted by atomic mass is 9.98. The Hall–Kier alpha value is -7.04. The standard InChI is InChI=1S/C50H34N4/c1-3-15-34(16-4-1)43-32-44(35-17-5-2-6-18-35)52-50(51-43)54-47-24-12-9-21-39(47)41-28-26-37(31-49(41)54)36-27-29-48-42(30-36)40-22-10-11-23-46(40)53(48)45-25-13-19-33-14-7-8-20-38(33)45/h1-10,12-22,24-32H,11,23H2. The molecule has 11 rings (SSSR count). The predicted octanol–water partition coefficient (Wildman–Crippen LogP) is 12.6. The van der Waals surface area contributed by atoms with Crippen molar-refractivity contribution in [3.05, 3.63) is 187 Å². The Kier molecular flexibility index (Phi) is 6.96. The van der Waals surface area contributed by atoms with Crippen molar-refractivity contribution in [2.24, 2.45) is 0 Å². The summed E-state index contributed by atoms with van der Waals surface area (Å²) in [7, 11) is 0. The van der Waals surface area contributed by atoms with Crippen LogP contribution in [0.1, 0.15) is 17.7 Å². The summed E-state index contributed by atoms with van der Waals surface area (Å²) < 4.78 is 4.75. The number of nitrogens with zero attached hydrogens (tertiary/aromatic N) is 4. The Labute approximate surface area is 312 Å². The van der Waals surface area contributed by atoms with Gasteiger partial charge in [-0.3, -0.25) is 4.57 Å². The molecule has 0 N–H and O–H groups in total. The SMILES string of the molecule is C1=Cc2c(n(-c3cccc4ccccc34)c3ccc(-c4ccc5c6ccccc6n(-c6nc(-c7ccccc7)cc(-c7ccccc7)n6)c5c4)cc23)CC1. The van der Waals surface area contributed by atoms with E-state index in [0.29, 0.717) is 5.95 Å². The van der Waals surface area contributed by atoms with E-state index in [1.54, 1.807) is 0 Å². The van der Waals surface area contributed by atoms with Gasteiger partial charge in [0.2, 0.25) is 5.95 Å². The third-order valence-corrected chi connectivity index (χ3v) is 11.0. The van der Waals surface area contributed by atoms with Gasteiger partial charge in [-0.1, -0.05) is 146 Å². The second-order valence-electron chi connectivity index (χ2n) is 14.1. The van der Waals surface area contributed by atoms with Crippen LogP contribution in [0.5, 0.6) is 0 Å². The van der Waals surface area contributed by atoms with E-state index >= 15 is 0 Å². The first-order valence-electron chi connectivity index (χ1n) is 18.6. The van der Waals surface area contributed by atoms with E-state index in [0.717, 1.165) is 52.0 Å². The van der Waals surface area contributed by atoms with Crippen LogP contribution in [-0.4, -0.2) is 19.1 Å². The molecule has 0 spiro atoms. The van der Waals surface area contributed by atoms with Gasteiger partial charge in [-0.15, -0.1) is 0 Å². The molecule has 0 atom stereocenters. The van der Waals surface area contributed by atoms with Crippen molar-refractivity contribution in [1.82, 2.24) is 19.1 Å². The minimum absolute atomic E-state index is 0.653. The monoisotopic (exact) mass is 690 g/mol. The molecule has 1 aliphatic rings. The zero-order valence-electron chi connectivity index (χ0n) is 29.5. The van der Waals surface area contributed by atoms with Crippen molar-refractivity contribution in [3.8, 4) is 45.3 Å². The van der Waals surface area contributed by atoms with Crippen LogP contribution < -0.4 is 0 Å². The molecule has 0 saturated heterocycles. The molecule has 10 aromatic rings. The summed E-state index contributed by atoms with van der Waals surface area (Å²) in [6, 6.07) is 60.7. The van der Waals surface area contributed by atoms with Crippen LogP contribution in [0.25, 0.3) is 94.8 Å². The lowest BCUT2D eigenvalue weighted by Crippen LogP contribution is -2.04. The Morgan fingerprint density at radius 1 is 0.426 bits per heavy atom. The maximum atomic E-state index is 5.26. The fraction of sp³-hybridized carbons (Fsp3) is 0.0400. The molecule has 7 aromatic carbocycles. The van der Waals surface area contributed by atoms with Crippen molar-refractivity contribution < 1.29 is 0 Å². The maximum Gasteiger partial charge on any atom is 0.235 e. The number of fused-ring (bicyclic) bond motifs is 7. The topological polar surface area (TPSA) is 35.6 Å². The molecule has 3 aromatic heterocycles. The average molecular weight is 691 g/mol. The third kappa shape index (κ3) is 4.84. The third-order valence-electron chi connectivity index (χ3n) is 11.0. The van der Waals surface area contributed by atoms with E-state index in [2.05, 4.69) is 179 Å². The fourth-order valence-corrected chi connectivity index (χ4v) is 8.49. The van der Waals surface area contributed by atoms with Gasteiger partial charge in [-0.25, -0.2) is 9.97 Å². The fourth-order valence-electron chi connectivity index (χ4n) is 8.49. The van der Waals surface area contributed by atoms with E-state index in [1.165, 1.54) is 55.0 Å². The molecule has 1 aliphatic carbocycles. The van der Waals surface area contributed by atoms with Crippen LogP contribution in [0.15, 0.2) is 176 Å². The van der Waals surface area contributed by atoms with Gasteiger partial charge in [0.1, 0.15) is 0 Å². The second kappa shape index (κ2) is 12.3. The molecule has 54 heavy (non-hydrogen) atoms. The molecule has 0 fully saturated rings. The van der Waals surface area contributed by atoms with Gasteiger partial charge >= 0.3 is 0 Å². The molecule has 0 unspecified atom stereocenters. The van der Waals surface area contributed by atoms with Crippen molar-refractivity contribution in [1.29, 1.82) is 0 Å². The van der Waals surface area contributed by atoms with Crippen LogP contribution in [0, 0.1) is 0 Å². The molecule has 0 amide bonds. The molecule has 254 valence electrons. The smallest absolute Gasteiger partial charge is 0.235 e. The number of aromatic nitrogens is 4. The highest BCUT2D eigenvalue weighted by Crippen LogP contribution is 2.40. The predicted molar refractivity (Wildman–Crippen MR) is 224 cm³/mol. The molecule has 0 aliphatic heterocycles. The molecular weight excluding hydrogens is 657 g/mol. The van der Waals surface area contributed by atoms with E-state index in [9.17, 15) is 0 Å². The summed E-state index contributed by atoms with van der Waals surface area (Å²) in [5, 5.41) is 6.15. The van der Waals surface area contributed by atoms with E-state index < -0.39 is 0 Å². The molecule has 0 saturated carbocycles. The largest absolute Gasteiger partial charge is 0.312 e. The summed E-state index contributed by atoms with van der Waals surface area (Å²) in [5.41, 5.74) is 13.6. The zero-order chi connectivity index (χ0) is 35.6. The number of benzene rings is 7. The number of allylic oxidation sites excluding steroid dienone is 1. The van der Waals surface area contributed by atoms with E-state index in [4.69, 9.17) is 9.97 Å². The first kappa shape index (κ1) is 30.6. The summed E-state index contributed by atoms with van der Waals surface area (Å²) in [4.78, 5) is 10.5. The van der Waals surface area contributed by atoms with Crippen LogP contribution in [0.2, 0.25) is 0 Å². The number of hydrogen-bond acceptors (Lipinski definition) is 2. The zero-order valence-corrected chi connectivity index (χ0v) is 29.5. The Morgan fingerprint density at radius 3 is 1.85 bits per heavy atom. The number of hydrogen-bond donors (Lipinski definition) is 0. The molecule has 3 heterocycles. The molecule has 0 radical (unpaired) electrons. The van der Waals surface area contributed by atoms with Gasteiger partial charge in [-0.05, 0) is 65.8 Å². The van der Waals surface area contributed by atoms with Gasteiger partial charge in [-0.2, -0.15) is 0 Å². The Morgan fingerprint density at radius 2 is 1.06 bits per heavy atom. The molecule has 4 heteroatoms. The van der Waals surface area contributed by atoms with Crippen molar-refractivity contribution >= 4 is 49.6 Å². The highest BCUT2D eigenvalue weighted by Gasteiger charge is 2.22. The normalized spacial score (nSPS) is 12.6. The van der Waals surface area contributed by atoms with Crippen LogP contribution in [-0.2, 0) is 6.42 Å². The van der Waals surface area contributed by atoms with E-state index in [-0.39, 0.29) is 0 Å². The average Bonchev–Trinajstić information content (AvgIpc) is 3.76. The van der Waals surface area contributed by atoms with E-state index in [1.807, 2.05) is 12.1 Å². The minimum Gasteiger partial charge on any atom is -0.312 e.